The summed E-state index contributed by atoms with van der Waals surface area (Å²) in [6.45, 7) is 3.93. The minimum atomic E-state index is -3.34. The van der Waals surface area contributed by atoms with Crippen LogP contribution in [0.1, 0.15) is 25.8 Å². The minimum absolute atomic E-state index is 0.0109. The Balaban J connectivity index is 2.55. The predicted molar refractivity (Wildman–Crippen MR) is 77.0 cm³/mol. The summed E-state index contributed by atoms with van der Waals surface area (Å²) in [5.74, 6) is -0.0109. The Labute approximate surface area is 120 Å². The van der Waals surface area contributed by atoms with Crippen molar-refractivity contribution in [2.45, 2.75) is 37.3 Å². The van der Waals surface area contributed by atoms with Crippen molar-refractivity contribution in [3.63, 3.8) is 0 Å². The van der Waals surface area contributed by atoms with E-state index >= 15 is 0 Å². The standard InChI is InChI=1S/C14H20N2O3S/c1-11(9-12(2)17)16-7-8-20(18,19)14-5-3-13(10-15)4-6-14/h3-6,11-12,16-17H,7-9H2,1-2H3. The van der Waals surface area contributed by atoms with E-state index in [-0.39, 0.29) is 16.7 Å². The highest BCUT2D eigenvalue weighted by Gasteiger charge is 2.14. The van der Waals surface area contributed by atoms with Crippen LogP contribution < -0.4 is 5.32 Å². The average molecular weight is 296 g/mol. The molecule has 1 aromatic rings. The van der Waals surface area contributed by atoms with Gasteiger partial charge in [-0.15, -0.1) is 0 Å². The first-order valence-electron chi connectivity index (χ1n) is 6.49. The third-order valence-corrected chi connectivity index (χ3v) is 4.63. The van der Waals surface area contributed by atoms with Gasteiger partial charge >= 0.3 is 0 Å². The maximum atomic E-state index is 12.1. The van der Waals surface area contributed by atoms with Gasteiger partial charge in [0.05, 0.1) is 28.4 Å². The lowest BCUT2D eigenvalue weighted by Crippen LogP contribution is -2.33. The highest BCUT2D eigenvalue weighted by Crippen LogP contribution is 2.11. The Morgan fingerprint density at radius 1 is 1.30 bits per heavy atom. The molecule has 0 aliphatic rings. The van der Waals surface area contributed by atoms with E-state index in [1.807, 2.05) is 13.0 Å². The summed E-state index contributed by atoms with van der Waals surface area (Å²) in [4.78, 5) is 0.224. The first kappa shape index (κ1) is 16.6. The van der Waals surface area contributed by atoms with E-state index in [1.165, 1.54) is 24.3 Å². The van der Waals surface area contributed by atoms with Crippen molar-refractivity contribution < 1.29 is 13.5 Å². The van der Waals surface area contributed by atoms with E-state index in [0.29, 0.717) is 18.5 Å². The summed E-state index contributed by atoms with van der Waals surface area (Å²) in [6, 6.07) is 7.91. The topological polar surface area (TPSA) is 90.2 Å². The molecule has 0 spiro atoms. The van der Waals surface area contributed by atoms with Crippen LogP contribution in [0.25, 0.3) is 0 Å². The fourth-order valence-electron chi connectivity index (χ4n) is 1.89. The lowest BCUT2D eigenvalue weighted by atomic mass is 10.1. The third kappa shape index (κ3) is 5.29. The molecule has 2 atom stereocenters. The van der Waals surface area contributed by atoms with E-state index in [9.17, 15) is 13.5 Å². The zero-order valence-electron chi connectivity index (χ0n) is 11.7. The number of nitrogens with one attached hydrogen (secondary N) is 1. The zero-order chi connectivity index (χ0) is 15.2. The monoisotopic (exact) mass is 296 g/mol. The second kappa shape index (κ2) is 7.39. The molecule has 0 fully saturated rings. The fraction of sp³-hybridized carbons (Fsp3) is 0.500. The molecule has 0 heterocycles. The van der Waals surface area contributed by atoms with Crippen molar-refractivity contribution >= 4 is 9.84 Å². The smallest absolute Gasteiger partial charge is 0.179 e. The first-order valence-corrected chi connectivity index (χ1v) is 8.14. The number of hydrogen-bond acceptors (Lipinski definition) is 5. The quantitative estimate of drug-likeness (QED) is 0.786. The Bertz CT molecular complexity index is 559. The van der Waals surface area contributed by atoms with Crippen LogP contribution in [-0.4, -0.2) is 38.0 Å². The molecule has 5 nitrogen and oxygen atoms in total. The number of benzene rings is 1. The highest BCUT2D eigenvalue weighted by molar-refractivity contribution is 7.91. The van der Waals surface area contributed by atoms with Crippen LogP contribution in [0.4, 0.5) is 0 Å². The molecule has 1 aromatic carbocycles. The van der Waals surface area contributed by atoms with Crippen LogP contribution in [0.3, 0.4) is 0 Å². The predicted octanol–water partition coefficient (Wildman–Crippen LogP) is 1.08. The lowest BCUT2D eigenvalue weighted by Gasteiger charge is -2.15. The van der Waals surface area contributed by atoms with Crippen LogP contribution in [0.5, 0.6) is 0 Å². The van der Waals surface area contributed by atoms with Gasteiger partial charge in [0.15, 0.2) is 9.84 Å². The molecule has 0 aromatic heterocycles. The molecule has 110 valence electrons. The van der Waals surface area contributed by atoms with Gasteiger partial charge in [0.2, 0.25) is 0 Å². The van der Waals surface area contributed by atoms with Crippen molar-refractivity contribution in [3.05, 3.63) is 29.8 Å². The SMILES string of the molecule is CC(O)CC(C)NCCS(=O)(=O)c1ccc(C#N)cc1. The number of hydrogen-bond donors (Lipinski definition) is 2. The molecule has 2 unspecified atom stereocenters. The van der Waals surface area contributed by atoms with Gasteiger partial charge in [0, 0.05) is 12.6 Å². The van der Waals surface area contributed by atoms with Gasteiger partial charge in [0.1, 0.15) is 0 Å². The molecular formula is C14H20N2O3S. The van der Waals surface area contributed by atoms with Crippen molar-refractivity contribution in [1.82, 2.24) is 5.32 Å². The van der Waals surface area contributed by atoms with E-state index in [2.05, 4.69) is 5.32 Å². The number of aliphatic hydroxyl groups excluding tert-OH is 1. The number of sulfone groups is 1. The average Bonchev–Trinajstić information content (AvgIpc) is 2.37. The van der Waals surface area contributed by atoms with Crippen LogP contribution in [0.2, 0.25) is 0 Å². The molecule has 0 aliphatic carbocycles. The van der Waals surface area contributed by atoms with Crippen molar-refractivity contribution in [1.29, 1.82) is 5.26 Å². The zero-order valence-corrected chi connectivity index (χ0v) is 12.5. The molecule has 0 bridgehead atoms. The number of nitriles is 1. The Kier molecular flexibility index (Phi) is 6.14. The van der Waals surface area contributed by atoms with E-state index in [1.54, 1.807) is 6.92 Å². The van der Waals surface area contributed by atoms with Gasteiger partial charge in [-0.2, -0.15) is 5.26 Å². The molecule has 0 saturated carbocycles. The molecule has 20 heavy (non-hydrogen) atoms. The van der Waals surface area contributed by atoms with Crippen LogP contribution in [-0.2, 0) is 9.84 Å². The second-order valence-electron chi connectivity index (χ2n) is 4.89. The van der Waals surface area contributed by atoms with E-state index in [0.717, 1.165) is 0 Å². The maximum absolute atomic E-state index is 12.1. The van der Waals surface area contributed by atoms with Crippen LogP contribution in [0, 0.1) is 11.3 Å². The molecular weight excluding hydrogens is 276 g/mol. The lowest BCUT2D eigenvalue weighted by molar-refractivity contribution is 0.171. The van der Waals surface area contributed by atoms with Crippen molar-refractivity contribution in [3.8, 4) is 6.07 Å². The van der Waals surface area contributed by atoms with Gasteiger partial charge in [-0.25, -0.2) is 8.42 Å². The first-order chi connectivity index (χ1) is 9.35. The fourth-order valence-corrected chi connectivity index (χ4v) is 3.06. The summed E-state index contributed by atoms with van der Waals surface area (Å²) in [6.07, 6.45) is 0.171. The number of rotatable bonds is 7. The van der Waals surface area contributed by atoms with Gasteiger partial charge in [0.25, 0.3) is 0 Å². The molecule has 1 rings (SSSR count). The molecule has 0 aliphatic heterocycles. The molecule has 2 N–H and O–H groups in total. The van der Waals surface area contributed by atoms with Crippen molar-refractivity contribution in [2.24, 2.45) is 0 Å². The summed E-state index contributed by atoms with van der Waals surface area (Å²) >= 11 is 0. The van der Waals surface area contributed by atoms with Gasteiger partial charge in [-0.3, -0.25) is 0 Å². The van der Waals surface area contributed by atoms with Crippen LogP contribution in [0.15, 0.2) is 29.2 Å². The largest absolute Gasteiger partial charge is 0.393 e. The minimum Gasteiger partial charge on any atom is -0.393 e. The normalized spacial score (nSPS) is 14.5. The summed E-state index contributed by atoms with van der Waals surface area (Å²) in [5, 5.41) is 21.0. The van der Waals surface area contributed by atoms with Gasteiger partial charge in [-0.1, -0.05) is 0 Å². The Morgan fingerprint density at radius 2 is 1.90 bits per heavy atom. The van der Waals surface area contributed by atoms with Gasteiger partial charge in [-0.05, 0) is 44.5 Å². The molecule has 0 radical (unpaired) electrons. The second-order valence-corrected chi connectivity index (χ2v) is 7.00. The summed E-state index contributed by atoms with van der Waals surface area (Å²) in [7, 11) is -3.34. The Hall–Kier alpha value is -1.42. The van der Waals surface area contributed by atoms with Gasteiger partial charge < -0.3 is 10.4 Å². The molecule has 0 saturated heterocycles. The molecule has 6 heteroatoms. The maximum Gasteiger partial charge on any atom is 0.179 e. The number of nitrogens with zero attached hydrogens (tertiary/aromatic N) is 1. The number of aliphatic hydroxyl groups is 1. The highest BCUT2D eigenvalue weighted by atomic mass is 32.2. The summed E-state index contributed by atoms with van der Waals surface area (Å²) in [5.41, 5.74) is 0.438. The van der Waals surface area contributed by atoms with E-state index in [4.69, 9.17) is 5.26 Å². The Morgan fingerprint density at radius 3 is 2.40 bits per heavy atom. The molecule has 0 amide bonds. The van der Waals surface area contributed by atoms with E-state index < -0.39 is 15.9 Å². The van der Waals surface area contributed by atoms with Crippen LogP contribution >= 0.6 is 0 Å². The van der Waals surface area contributed by atoms with Crippen molar-refractivity contribution in [2.75, 3.05) is 12.3 Å². The third-order valence-electron chi connectivity index (χ3n) is 2.90. The summed E-state index contributed by atoms with van der Waals surface area (Å²) < 4.78 is 24.1.